The molecule has 24 heavy (non-hydrogen) atoms. The van der Waals surface area contributed by atoms with Crippen LogP contribution in [0.25, 0.3) is 0 Å². The maximum absolute atomic E-state index is 11.5. The third-order valence-electron chi connectivity index (χ3n) is 3.96. The monoisotopic (exact) mass is 344 g/mol. The summed E-state index contributed by atoms with van der Waals surface area (Å²) in [5.74, 6) is -1.37. The second-order valence-corrected chi connectivity index (χ2v) is 6.96. The molecule has 7 nitrogen and oxygen atoms in total. The maximum atomic E-state index is 11.5. The summed E-state index contributed by atoms with van der Waals surface area (Å²) in [6.07, 6.45) is 0.554. The van der Waals surface area contributed by atoms with Crippen LogP contribution in [0.15, 0.2) is 12.7 Å². The minimum Gasteiger partial charge on any atom is -0.438 e. The van der Waals surface area contributed by atoms with Crippen LogP contribution in [0.3, 0.4) is 0 Å². The predicted octanol–water partition coefficient (Wildman–Crippen LogP) is 2.78. The molecule has 0 unspecified atom stereocenters. The Balaban J connectivity index is 2.08. The van der Waals surface area contributed by atoms with Gasteiger partial charge in [-0.3, -0.25) is 0 Å². The van der Waals surface area contributed by atoms with Crippen molar-refractivity contribution in [3.05, 3.63) is 12.7 Å². The van der Waals surface area contributed by atoms with Gasteiger partial charge in [0.15, 0.2) is 11.6 Å². The molecule has 0 amide bonds. The van der Waals surface area contributed by atoms with E-state index in [-0.39, 0.29) is 12.2 Å². The zero-order valence-electron chi connectivity index (χ0n) is 15.1. The van der Waals surface area contributed by atoms with Gasteiger partial charge in [0.25, 0.3) is 0 Å². The molecule has 0 aliphatic carbocycles. The quantitative estimate of drug-likeness (QED) is 0.542. The Morgan fingerprint density at radius 1 is 1.25 bits per heavy atom. The van der Waals surface area contributed by atoms with Crippen LogP contribution < -0.4 is 0 Å². The number of ether oxygens (including phenoxy) is 6. The Bertz CT molecular complexity index is 460. The van der Waals surface area contributed by atoms with E-state index in [0.29, 0.717) is 19.4 Å². The predicted molar refractivity (Wildman–Crippen MR) is 85.4 cm³/mol. The van der Waals surface area contributed by atoms with Gasteiger partial charge in [-0.1, -0.05) is 6.08 Å². The van der Waals surface area contributed by atoms with E-state index in [1.165, 1.54) is 7.11 Å². The second kappa shape index (κ2) is 7.39. The lowest BCUT2D eigenvalue weighted by molar-refractivity contribution is -0.160. The van der Waals surface area contributed by atoms with E-state index in [1.54, 1.807) is 6.08 Å². The van der Waals surface area contributed by atoms with Crippen molar-refractivity contribution < 1.29 is 33.2 Å². The first-order chi connectivity index (χ1) is 11.2. The third-order valence-corrected chi connectivity index (χ3v) is 3.96. The first-order valence-corrected chi connectivity index (χ1v) is 8.18. The van der Waals surface area contributed by atoms with Crippen molar-refractivity contribution in [1.29, 1.82) is 0 Å². The highest BCUT2D eigenvalue weighted by atomic mass is 16.8. The second-order valence-electron chi connectivity index (χ2n) is 6.96. The molecular formula is C17H28O7. The Hall–Kier alpha value is -1.15. The number of carbonyl (C=O) groups is 1. The van der Waals surface area contributed by atoms with Crippen molar-refractivity contribution in [3.63, 3.8) is 0 Å². The van der Waals surface area contributed by atoms with Crippen molar-refractivity contribution in [2.24, 2.45) is 0 Å². The molecule has 2 aliphatic heterocycles. The molecule has 0 aromatic carbocycles. The number of hydrogen-bond acceptors (Lipinski definition) is 7. The van der Waals surface area contributed by atoms with Crippen LogP contribution >= 0.6 is 0 Å². The lowest BCUT2D eigenvalue weighted by Gasteiger charge is -2.26. The van der Waals surface area contributed by atoms with Gasteiger partial charge in [-0.05, 0) is 27.7 Å². The summed E-state index contributed by atoms with van der Waals surface area (Å²) in [5, 5.41) is 0. The minimum absolute atomic E-state index is 0.104. The summed E-state index contributed by atoms with van der Waals surface area (Å²) < 4.78 is 33.4. The first kappa shape index (κ1) is 19.2. The van der Waals surface area contributed by atoms with E-state index in [1.807, 2.05) is 27.7 Å². The van der Waals surface area contributed by atoms with Gasteiger partial charge in [-0.25, -0.2) is 4.79 Å². The van der Waals surface area contributed by atoms with E-state index >= 15 is 0 Å². The molecule has 0 bridgehead atoms. The molecule has 2 heterocycles. The number of hydrogen-bond donors (Lipinski definition) is 0. The molecule has 0 aromatic heterocycles. The Morgan fingerprint density at radius 3 is 2.50 bits per heavy atom. The van der Waals surface area contributed by atoms with Crippen molar-refractivity contribution in [2.75, 3.05) is 13.7 Å². The highest BCUT2D eigenvalue weighted by Gasteiger charge is 2.48. The minimum atomic E-state index is -0.775. The Labute approximate surface area is 143 Å². The smallest absolute Gasteiger partial charge is 0.438 e. The summed E-state index contributed by atoms with van der Waals surface area (Å²) in [6.45, 7) is 11.6. The average molecular weight is 344 g/mol. The highest BCUT2D eigenvalue weighted by molar-refractivity contribution is 5.59. The molecule has 2 rings (SSSR count). The maximum Gasteiger partial charge on any atom is 0.508 e. The molecular weight excluding hydrogens is 316 g/mol. The van der Waals surface area contributed by atoms with Crippen LogP contribution in [0.5, 0.6) is 0 Å². The van der Waals surface area contributed by atoms with Crippen LogP contribution in [0.4, 0.5) is 4.79 Å². The highest BCUT2D eigenvalue weighted by Crippen LogP contribution is 2.36. The summed E-state index contributed by atoms with van der Waals surface area (Å²) in [7, 11) is 1.27. The van der Waals surface area contributed by atoms with Crippen molar-refractivity contribution >= 4 is 6.16 Å². The van der Waals surface area contributed by atoms with Crippen LogP contribution in [0.2, 0.25) is 0 Å². The molecule has 2 aliphatic rings. The molecule has 2 saturated heterocycles. The molecule has 2 fully saturated rings. The van der Waals surface area contributed by atoms with E-state index in [9.17, 15) is 4.79 Å². The SMILES string of the molecule is C=CC[C@H](OC(=O)OC)[C@@H]1OC(C)(C)O[C@H]1C[C@H]1COC(C)(C)O1. The molecule has 0 radical (unpaired) electrons. The van der Waals surface area contributed by atoms with E-state index in [0.717, 1.165) is 0 Å². The van der Waals surface area contributed by atoms with Gasteiger partial charge in [0.05, 0.1) is 25.9 Å². The average Bonchev–Trinajstić information content (AvgIpc) is 2.97. The number of methoxy groups -OCH3 is 1. The fraction of sp³-hybridized carbons (Fsp3) is 0.824. The van der Waals surface area contributed by atoms with Crippen LogP contribution in [-0.4, -0.2) is 55.9 Å². The number of rotatable bonds is 6. The first-order valence-electron chi connectivity index (χ1n) is 8.18. The van der Waals surface area contributed by atoms with E-state index in [2.05, 4.69) is 11.3 Å². The fourth-order valence-electron chi connectivity index (χ4n) is 3.08. The molecule has 0 N–H and O–H groups in total. The van der Waals surface area contributed by atoms with Gasteiger partial charge < -0.3 is 28.4 Å². The van der Waals surface area contributed by atoms with E-state index < -0.39 is 29.9 Å². The molecule has 0 saturated carbocycles. The molecule has 7 heteroatoms. The topological polar surface area (TPSA) is 72.5 Å². The largest absolute Gasteiger partial charge is 0.508 e. The number of carbonyl (C=O) groups excluding carboxylic acids is 1. The molecule has 0 aromatic rings. The van der Waals surface area contributed by atoms with Gasteiger partial charge in [-0.15, -0.1) is 6.58 Å². The lowest BCUT2D eigenvalue weighted by atomic mass is 10.0. The normalized spacial score (nSPS) is 32.3. The third kappa shape index (κ3) is 4.92. The van der Waals surface area contributed by atoms with Crippen molar-refractivity contribution in [2.45, 2.75) is 76.5 Å². The van der Waals surface area contributed by atoms with Gasteiger partial charge in [0.2, 0.25) is 0 Å². The Kier molecular flexibility index (Phi) is 5.91. The zero-order chi connectivity index (χ0) is 18.0. The van der Waals surface area contributed by atoms with Crippen LogP contribution in [0, 0.1) is 0 Å². The van der Waals surface area contributed by atoms with Crippen LogP contribution in [-0.2, 0) is 28.4 Å². The van der Waals surface area contributed by atoms with Crippen molar-refractivity contribution in [3.8, 4) is 0 Å². The Morgan fingerprint density at radius 2 is 1.96 bits per heavy atom. The molecule has 138 valence electrons. The van der Waals surface area contributed by atoms with Gasteiger partial charge in [0, 0.05) is 12.8 Å². The van der Waals surface area contributed by atoms with Gasteiger partial charge in [-0.2, -0.15) is 0 Å². The lowest BCUT2D eigenvalue weighted by Crippen LogP contribution is -2.40. The fourth-order valence-corrected chi connectivity index (χ4v) is 3.08. The van der Waals surface area contributed by atoms with E-state index in [4.69, 9.17) is 23.7 Å². The standard InChI is InChI=1S/C17H28O7/c1-7-8-12(21-15(18)19-6)14-13(23-17(4,5)24-14)9-11-10-20-16(2,3)22-11/h7,11-14H,1,8-10H2,2-6H3/t11-,12-,13-,14-/m0/s1. The van der Waals surface area contributed by atoms with Gasteiger partial charge in [0.1, 0.15) is 12.2 Å². The summed E-state index contributed by atoms with van der Waals surface area (Å²) >= 11 is 0. The van der Waals surface area contributed by atoms with Gasteiger partial charge >= 0.3 is 6.16 Å². The van der Waals surface area contributed by atoms with Crippen LogP contribution in [0.1, 0.15) is 40.5 Å². The van der Waals surface area contributed by atoms with Crippen molar-refractivity contribution in [1.82, 2.24) is 0 Å². The molecule has 4 atom stereocenters. The summed E-state index contributed by atoms with van der Waals surface area (Å²) in [4.78, 5) is 11.5. The summed E-state index contributed by atoms with van der Waals surface area (Å²) in [5.41, 5.74) is 0. The molecule has 0 spiro atoms. The summed E-state index contributed by atoms with van der Waals surface area (Å²) in [6, 6.07) is 0. The zero-order valence-corrected chi connectivity index (χ0v) is 15.1.